The molecule has 0 aliphatic carbocycles. The van der Waals surface area contributed by atoms with Gasteiger partial charge in [0.2, 0.25) is 0 Å². The zero-order valence-electron chi connectivity index (χ0n) is 53.4. The quantitative estimate of drug-likeness (QED) is 0.103. The number of rotatable bonds is 13. The number of aromatic nitrogens is 10. The fourth-order valence-corrected chi connectivity index (χ4v) is 9.63. The molecule has 21 heteroatoms. The predicted molar refractivity (Wildman–Crippen MR) is 359 cm³/mol. The minimum atomic E-state index is 0. The number of anilines is 8. The molecule has 1 aliphatic heterocycles. The Labute approximate surface area is 621 Å². The van der Waals surface area contributed by atoms with Crippen LogP contribution in [0.4, 0.5) is 45.5 Å². The summed E-state index contributed by atoms with van der Waals surface area (Å²) in [4.78, 5) is 12.9. The van der Waals surface area contributed by atoms with Crippen LogP contribution in [0.5, 0.6) is 0 Å². The molecule has 0 saturated carbocycles. The third-order valence-electron chi connectivity index (χ3n) is 14.2. The molecule has 0 bridgehead atoms. The average molecular weight is 2140 g/mol. The first-order chi connectivity index (χ1) is 42.9. The Morgan fingerprint density at radius 1 is 0.355 bits per heavy atom. The van der Waals surface area contributed by atoms with Crippen molar-refractivity contribution in [2.24, 2.45) is 0 Å². The van der Waals surface area contributed by atoms with Crippen LogP contribution in [0.25, 0.3) is 28.4 Å². The van der Waals surface area contributed by atoms with Gasteiger partial charge in [0.25, 0.3) is 0 Å². The van der Waals surface area contributed by atoms with Gasteiger partial charge in [-0.2, -0.15) is 92.2 Å². The van der Waals surface area contributed by atoms with E-state index in [0.717, 1.165) is 73.9 Å². The Kier molecular flexibility index (Phi) is 33.8. The Morgan fingerprint density at radius 2 is 0.860 bits per heavy atom. The molecule has 0 spiro atoms. The number of aryl methyl sites for hydroxylation is 1. The summed E-state index contributed by atoms with van der Waals surface area (Å²) >= 11 is 0. The maximum Gasteiger partial charge on any atom is 0.0597 e. The van der Waals surface area contributed by atoms with Crippen molar-refractivity contribution in [3.63, 3.8) is 0 Å². The van der Waals surface area contributed by atoms with Gasteiger partial charge >= 0.3 is 0 Å². The van der Waals surface area contributed by atoms with Crippen molar-refractivity contribution >= 4 is 45.5 Å². The molecule has 0 amide bonds. The van der Waals surface area contributed by atoms with Gasteiger partial charge in [0.05, 0.1) is 5.69 Å². The molecule has 7 aromatic carbocycles. The zero-order chi connectivity index (χ0) is 61.6. The summed E-state index contributed by atoms with van der Waals surface area (Å²) in [6.45, 7) is 4.32. The number of hydrogen-bond donors (Lipinski definition) is 0. The molecule has 6 heterocycles. The van der Waals surface area contributed by atoms with Crippen LogP contribution in [-0.2, 0) is 105 Å². The molecule has 13 rings (SSSR count). The second kappa shape index (κ2) is 40.2. The maximum atomic E-state index is 4.38. The van der Waals surface area contributed by atoms with E-state index < -0.39 is 0 Å². The Bertz CT molecular complexity index is 3870. The van der Waals surface area contributed by atoms with Gasteiger partial charge in [-0.15, -0.1) is 48.5 Å². The van der Waals surface area contributed by atoms with Gasteiger partial charge < -0.3 is 29.4 Å². The molecular weight excluding hydrogens is 2060 g/mol. The van der Waals surface area contributed by atoms with Crippen molar-refractivity contribution in [1.82, 2.24) is 48.9 Å². The van der Waals surface area contributed by atoms with Crippen LogP contribution >= 0.6 is 0 Å². The van der Waals surface area contributed by atoms with Crippen molar-refractivity contribution in [1.29, 1.82) is 0 Å². The Balaban J connectivity index is 0.000000248. The summed E-state index contributed by atoms with van der Waals surface area (Å²) in [5, 5.41) is 21.3. The predicted octanol–water partition coefficient (Wildman–Crippen LogP) is 13.8. The van der Waals surface area contributed by atoms with E-state index in [2.05, 4.69) is 165 Å². The van der Waals surface area contributed by atoms with Crippen molar-refractivity contribution in [2.75, 3.05) is 98.9 Å². The summed E-state index contributed by atoms with van der Waals surface area (Å²) < 4.78 is 9.15. The van der Waals surface area contributed by atoms with Crippen LogP contribution in [0.15, 0.2) is 232 Å². The summed E-state index contributed by atoms with van der Waals surface area (Å²) in [5.41, 5.74) is 14.9. The van der Waals surface area contributed by atoms with E-state index in [9.17, 15) is 0 Å². The van der Waals surface area contributed by atoms with Crippen molar-refractivity contribution in [2.45, 2.75) is 32.6 Å². The van der Waals surface area contributed by atoms with E-state index >= 15 is 0 Å². The minimum Gasteiger partial charge on any atom is -0.429 e. The summed E-state index contributed by atoms with van der Waals surface area (Å²) in [6.07, 6.45) is 22.1. The first-order valence-electron chi connectivity index (χ1n) is 29.4. The Morgan fingerprint density at radius 3 is 1.34 bits per heavy atom. The molecular formula is C72H77N16Pt5-5. The van der Waals surface area contributed by atoms with Crippen LogP contribution in [0.2, 0.25) is 0 Å². The molecule has 12 aromatic rings. The van der Waals surface area contributed by atoms with E-state index in [1.165, 1.54) is 44.5 Å². The van der Waals surface area contributed by atoms with Crippen molar-refractivity contribution in [3.05, 3.63) is 268 Å². The van der Waals surface area contributed by atoms with Gasteiger partial charge in [-0.3, -0.25) is 23.4 Å². The molecule has 0 radical (unpaired) electrons. The van der Waals surface area contributed by atoms with Gasteiger partial charge in [0.1, 0.15) is 0 Å². The van der Waals surface area contributed by atoms with E-state index in [1.807, 2.05) is 209 Å². The molecule has 1 aliphatic rings. The summed E-state index contributed by atoms with van der Waals surface area (Å²) in [6, 6.07) is 75.0. The number of nitrogens with zero attached hydrogens (tertiary/aromatic N) is 16. The third-order valence-corrected chi connectivity index (χ3v) is 14.2. The van der Waals surface area contributed by atoms with Crippen molar-refractivity contribution < 1.29 is 105 Å². The fourth-order valence-electron chi connectivity index (χ4n) is 9.63. The number of hydrogen-bond acceptors (Lipinski definition) is 11. The average Bonchev–Trinajstić information content (AvgIpc) is 2.07. The molecule has 0 N–H and O–H groups in total. The maximum absolute atomic E-state index is 4.38. The second-order valence-corrected chi connectivity index (χ2v) is 21.5. The first kappa shape index (κ1) is 78.3. The van der Waals surface area contributed by atoms with E-state index in [1.54, 1.807) is 29.5 Å². The molecule has 0 atom stereocenters. The van der Waals surface area contributed by atoms with Crippen LogP contribution in [-0.4, -0.2) is 118 Å². The largest absolute Gasteiger partial charge is 0.429 e. The van der Waals surface area contributed by atoms with E-state index in [-0.39, 0.29) is 105 Å². The normalized spacial score (nSPS) is 11.0. The van der Waals surface area contributed by atoms with Crippen LogP contribution in [0.3, 0.4) is 0 Å². The monoisotopic (exact) mass is 2140 g/mol. The zero-order valence-corrected chi connectivity index (χ0v) is 64.8. The third kappa shape index (κ3) is 22.5. The molecule has 5 aromatic heterocycles. The van der Waals surface area contributed by atoms with Crippen LogP contribution in [0, 0.1) is 37.3 Å². The molecule has 1 fully saturated rings. The van der Waals surface area contributed by atoms with Gasteiger partial charge in [0.15, 0.2) is 0 Å². The van der Waals surface area contributed by atoms with E-state index in [0.29, 0.717) is 0 Å². The Hall–Kier alpha value is -7.17. The summed E-state index contributed by atoms with van der Waals surface area (Å²) in [5.74, 6) is 0. The molecule has 93 heavy (non-hydrogen) atoms. The number of benzene rings is 7. The summed E-state index contributed by atoms with van der Waals surface area (Å²) in [7, 11) is 16.1. The van der Waals surface area contributed by atoms with Gasteiger partial charge in [-0.25, -0.2) is 0 Å². The molecule has 1 saturated heterocycles. The topological polar surface area (TPSA) is 109 Å². The van der Waals surface area contributed by atoms with Crippen molar-refractivity contribution in [3.8, 4) is 28.4 Å². The van der Waals surface area contributed by atoms with Gasteiger partial charge in [-0.1, -0.05) is 72.0 Å². The van der Waals surface area contributed by atoms with E-state index in [4.69, 9.17) is 0 Å². The minimum absolute atomic E-state index is 0. The van der Waals surface area contributed by atoms with Crippen LogP contribution in [0.1, 0.15) is 31.4 Å². The second-order valence-electron chi connectivity index (χ2n) is 21.5. The standard InChI is InChI=1S/C21H16N3.C15H18N3.C13H17N4.C12H14N3.C11H12N3.5Pt/c1-3-9-18(10-4-1)24(19-11-5-2-6-12-19)21-14-7-13-20(17-21)23-16-8-15-22-23;1-2-4-11-17(10-3-1)14-7-5-8-15(13-14)18-12-6-9-16-18;1-15(2)11-6-7-12(13(10-11)16(3)4)17-9-5-8-14-17;1-10-8-9-15(13-10)12-7-5-4-6-11(12)14(2)3;1-13(2)10-4-6-11(7-5-10)14-9-3-8-12-14;;;;;/h1-12,14-17H;5-7,9,12-13H,1-4,10-11H2;5-6,8-10H,1-4H3;4-6,8-9H,1-3H3;3-6,8-9H,1-2H3;;;;;/q5*-1;;;;;. The van der Waals surface area contributed by atoms with Gasteiger partial charge in [0, 0.05) is 186 Å². The molecule has 16 nitrogen and oxygen atoms in total. The van der Waals surface area contributed by atoms with Gasteiger partial charge in [-0.05, 0) is 171 Å². The molecule has 0 unspecified atom stereocenters. The smallest absolute Gasteiger partial charge is 0.0597 e. The number of para-hydroxylation sites is 3. The SMILES string of the molecule is CN(C)c1c[c-]c(-n2cccn2)c(N(C)C)c1.CN(C)c1c[c-]c(-n2cccn2)cc1.Cc1ccn(-c2[c-]cccc2N(C)C)n1.[Pt].[Pt].[Pt].[Pt].[Pt].[c-]1ccc(N(c2ccccc2)c2ccccc2)cc1-n1cccn1.[c-]1ccc(N2CCCCCC2)cc1-n1cccn1. The van der Waals surface area contributed by atoms with Crippen LogP contribution < -0.4 is 29.4 Å². The molecule has 500 valence electrons. The fraction of sp³-hybridized carbons (Fsp3) is 0.208. The first-order valence-corrected chi connectivity index (χ1v) is 29.4.